The molecule has 0 aliphatic carbocycles. The molecule has 2 aromatic carbocycles. The van der Waals surface area contributed by atoms with Crippen LogP contribution in [-0.4, -0.2) is 27.0 Å². The summed E-state index contributed by atoms with van der Waals surface area (Å²) >= 11 is 0. The van der Waals surface area contributed by atoms with Gasteiger partial charge in [-0.25, -0.2) is 14.2 Å². The molecule has 0 bridgehead atoms. The lowest BCUT2D eigenvalue weighted by atomic mass is 10.1. The van der Waals surface area contributed by atoms with Crippen molar-refractivity contribution in [3.8, 4) is 0 Å². The predicted octanol–water partition coefficient (Wildman–Crippen LogP) is 4.36. The Morgan fingerprint density at radius 2 is 1.82 bits per heavy atom. The molecule has 1 atom stereocenters. The van der Waals surface area contributed by atoms with Crippen LogP contribution in [0, 0.1) is 5.82 Å². The van der Waals surface area contributed by atoms with Crippen molar-refractivity contribution in [2.24, 2.45) is 0 Å². The molecule has 28 heavy (non-hydrogen) atoms. The van der Waals surface area contributed by atoms with Crippen LogP contribution in [0.2, 0.25) is 0 Å². The highest BCUT2D eigenvalue weighted by Crippen LogP contribution is 2.20. The summed E-state index contributed by atoms with van der Waals surface area (Å²) in [5, 5.41) is 2.97. The summed E-state index contributed by atoms with van der Waals surface area (Å²) in [5.74, 6) is -0.278. The van der Waals surface area contributed by atoms with Crippen molar-refractivity contribution in [2.45, 2.75) is 33.0 Å². The molecule has 1 heterocycles. The molecule has 0 spiro atoms. The largest absolute Gasteiger partial charge is 0.334 e. The van der Waals surface area contributed by atoms with Crippen LogP contribution in [0.5, 0.6) is 0 Å². The molecule has 0 aliphatic rings. The second-order valence-electron chi connectivity index (χ2n) is 6.72. The van der Waals surface area contributed by atoms with Gasteiger partial charge in [0.25, 0.3) is 0 Å². The minimum atomic E-state index is -0.278. The van der Waals surface area contributed by atoms with Gasteiger partial charge in [0.05, 0.1) is 12.4 Å². The first-order chi connectivity index (χ1) is 13.6. The number of rotatable bonds is 7. The van der Waals surface area contributed by atoms with Gasteiger partial charge in [-0.15, -0.1) is 0 Å². The SMILES string of the molecule is CCN(C(=O)NCc1ccc(Cn2ccnc2)cc1)C(C)c1ccc(F)cc1. The number of hydrogen-bond donors (Lipinski definition) is 1. The molecule has 5 nitrogen and oxygen atoms in total. The standard InChI is InChI=1S/C22H25FN4O/c1-3-27(17(2)20-8-10-21(23)11-9-20)22(28)25-14-18-4-6-19(7-5-18)15-26-13-12-24-16-26/h4-13,16-17H,3,14-15H2,1-2H3,(H,25,28). The van der Waals surface area contributed by atoms with Gasteiger partial charge >= 0.3 is 6.03 Å². The summed E-state index contributed by atoms with van der Waals surface area (Å²) < 4.78 is 15.1. The van der Waals surface area contributed by atoms with Crippen LogP contribution in [0.3, 0.4) is 0 Å². The highest BCUT2D eigenvalue weighted by Gasteiger charge is 2.19. The molecular weight excluding hydrogens is 355 g/mol. The lowest BCUT2D eigenvalue weighted by molar-refractivity contribution is 0.182. The fourth-order valence-corrected chi connectivity index (χ4v) is 3.15. The molecule has 2 amide bonds. The molecule has 3 rings (SSSR count). The lowest BCUT2D eigenvalue weighted by Gasteiger charge is -2.28. The van der Waals surface area contributed by atoms with E-state index in [1.54, 1.807) is 29.6 Å². The van der Waals surface area contributed by atoms with E-state index < -0.39 is 0 Å². The van der Waals surface area contributed by atoms with Crippen molar-refractivity contribution < 1.29 is 9.18 Å². The second-order valence-corrected chi connectivity index (χ2v) is 6.72. The molecule has 0 radical (unpaired) electrons. The predicted molar refractivity (Wildman–Crippen MR) is 107 cm³/mol. The number of aromatic nitrogens is 2. The van der Waals surface area contributed by atoms with Crippen molar-refractivity contribution in [3.05, 3.63) is 89.8 Å². The van der Waals surface area contributed by atoms with Crippen LogP contribution >= 0.6 is 0 Å². The zero-order valence-corrected chi connectivity index (χ0v) is 16.2. The number of hydrogen-bond acceptors (Lipinski definition) is 2. The average molecular weight is 380 g/mol. The minimum absolute atomic E-state index is 0.136. The Balaban J connectivity index is 1.56. The number of nitrogens with one attached hydrogen (secondary N) is 1. The first-order valence-electron chi connectivity index (χ1n) is 9.40. The molecule has 3 aromatic rings. The number of imidazole rings is 1. The molecule has 146 valence electrons. The molecule has 1 N–H and O–H groups in total. The summed E-state index contributed by atoms with van der Waals surface area (Å²) in [6.07, 6.45) is 5.47. The molecule has 0 saturated heterocycles. The van der Waals surface area contributed by atoms with Crippen LogP contribution in [0.25, 0.3) is 0 Å². The third kappa shape index (κ3) is 4.97. The molecular formula is C22H25FN4O. The zero-order chi connectivity index (χ0) is 19.9. The molecule has 1 aromatic heterocycles. The number of urea groups is 1. The fraction of sp³-hybridized carbons (Fsp3) is 0.273. The number of carbonyl (C=O) groups excluding carboxylic acids is 1. The van der Waals surface area contributed by atoms with Crippen molar-refractivity contribution in [1.29, 1.82) is 0 Å². The average Bonchev–Trinajstić information content (AvgIpc) is 3.21. The number of carbonyl (C=O) groups is 1. The molecule has 1 unspecified atom stereocenters. The molecule has 6 heteroatoms. The highest BCUT2D eigenvalue weighted by molar-refractivity contribution is 5.74. The Labute approximate surface area is 164 Å². The Morgan fingerprint density at radius 1 is 1.14 bits per heavy atom. The van der Waals surface area contributed by atoms with Crippen LogP contribution in [0.15, 0.2) is 67.3 Å². The summed E-state index contributed by atoms with van der Waals surface area (Å²) in [6.45, 7) is 5.67. The minimum Gasteiger partial charge on any atom is -0.334 e. The van der Waals surface area contributed by atoms with E-state index in [4.69, 9.17) is 0 Å². The quantitative estimate of drug-likeness (QED) is 0.662. The van der Waals surface area contributed by atoms with Crippen LogP contribution < -0.4 is 5.32 Å². The van der Waals surface area contributed by atoms with Gasteiger partial charge in [0.2, 0.25) is 0 Å². The van der Waals surface area contributed by atoms with Gasteiger partial charge in [-0.2, -0.15) is 0 Å². The Bertz CT molecular complexity index is 876. The summed E-state index contributed by atoms with van der Waals surface area (Å²) in [4.78, 5) is 18.4. The fourth-order valence-electron chi connectivity index (χ4n) is 3.15. The maximum Gasteiger partial charge on any atom is 0.318 e. The van der Waals surface area contributed by atoms with E-state index >= 15 is 0 Å². The van der Waals surface area contributed by atoms with Crippen LogP contribution in [0.1, 0.15) is 36.6 Å². The van der Waals surface area contributed by atoms with E-state index in [9.17, 15) is 9.18 Å². The lowest BCUT2D eigenvalue weighted by Crippen LogP contribution is -2.41. The third-order valence-corrected chi connectivity index (χ3v) is 4.81. The normalized spacial score (nSPS) is 11.8. The number of nitrogens with zero attached hydrogens (tertiary/aromatic N) is 3. The molecule has 0 saturated carbocycles. The number of halogens is 1. The zero-order valence-electron chi connectivity index (χ0n) is 16.2. The van der Waals surface area contributed by atoms with E-state index in [0.717, 1.165) is 17.7 Å². The van der Waals surface area contributed by atoms with Crippen molar-refractivity contribution in [3.63, 3.8) is 0 Å². The number of amides is 2. The van der Waals surface area contributed by atoms with E-state index in [1.165, 1.54) is 17.7 Å². The Morgan fingerprint density at radius 3 is 2.43 bits per heavy atom. The Kier molecular flexibility index (Phi) is 6.42. The first kappa shape index (κ1) is 19.6. The number of benzene rings is 2. The van der Waals surface area contributed by atoms with E-state index in [0.29, 0.717) is 13.1 Å². The van der Waals surface area contributed by atoms with Gasteiger partial charge in [0.15, 0.2) is 0 Å². The summed E-state index contributed by atoms with van der Waals surface area (Å²) in [6, 6.07) is 14.2. The van der Waals surface area contributed by atoms with Gasteiger partial charge in [0, 0.05) is 32.0 Å². The van der Waals surface area contributed by atoms with Gasteiger partial charge in [-0.05, 0) is 42.7 Å². The van der Waals surface area contributed by atoms with E-state index in [2.05, 4.69) is 22.4 Å². The topological polar surface area (TPSA) is 50.2 Å². The molecule has 0 fully saturated rings. The van der Waals surface area contributed by atoms with Crippen molar-refractivity contribution >= 4 is 6.03 Å². The van der Waals surface area contributed by atoms with Gasteiger partial charge in [-0.1, -0.05) is 36.4 Å². The Hall–Kier alpha value is -3.15. The smallest absolute Gasteiger partial charge is 0.318 e. The van der Waals surface area contributed by atoms with Gasteiger partial charge in [-0.3, -0.25) is 0 Å². The van der Waals surface area contributed by atoms with Crippen molar-refractivity contribution in [2.75, 3.05) is 6.54 Å². The first-order valence-corrected chi connectivity index (χ1v) is 9.40. The summed E-state index contributed by atoms with van der Waals surface area (Å²) in [7, 11) is 0. The second kappa shape index (κ2) is 9.17. The van der Waals surface area contributed by atoms with Crippen molar-refractivity contribution in [1.82, 2.24) is 19.8 Å². The third-order valence-electron chi connectivity index (χ3n) is 4.81. The summed E-state index contributed by atoms with van der Waals surface area (Å²) in [5.41, 5.74) is 3.11. The van der Waals surface area contributed by atoms with Crippen LogP contribution in [0.4, 0.5) is 9.18 Å². The monoisotopic (exact) mass is 380 g/mol. The maximum atomic E-state index is 13.1. The van der Waals surface area contributed by atoms with Crippen LogP contribution in [-0.2, 0) is 13.1 Å². The highest BCUT2D eigenvalue weighted by atomic mass is 19.1. The van der Waals surface area contributed by atoms with Gasteiger partial charge < -0.3 is 14.8 Å². The van der Waals surface area contributed by atoms with E-state index in [1.807, 2.05) is 36.7 Å². The maximum absolute atomic E-state index is 13.1. The molecule has 0 aliphatic heterocycles. The van der Waals surface area contributed by atoms with Gasteiger partial charge in [0.1, 0.15) is 5.82 Å². The van der Waals surface area contributed by atoms with E-state index in [-0.39, 0.29) is 17.9 Å².